The molecule has 8 nitrogen and oxygen atoms in total. The van der Waals surface area contributed by atoms with Crippen LogP contribution >= 0.6 is 0 Å². The van der Waals surface area contributed by atoms with Crippen molar-refractivity contribution in [3.8, 4) is 40.0 Å². The normalized spacial score (nSPS) is 11.7. The lowest BCUT2D eigenvalue weighted by molar-refractivity contribution is 0.475. The highest BCUT2D eigenvalue weighted by atomic mass is 32.2. The zero-order valence-electron chi connectivity index (χ0n) is 16.2. The standard InChI is InChI=1S/C21H18N4O4S/c1-13(2)30(27,28)17-9-5-14(6-10-17)18-11-22-12-19(23-18)21-25-24-20(29-21)15-3-7-16(26)8-4-15/h3-13,26H,1-2H3. The van der Waals surface area contributed by atoms with E-state index >= 15 is 0 Å². The molecular weight excluding hydrogens is 404 g/mol. The lowest BCUT2D eigenvalue weighted by atomic mass is 10.1. The number of phenolic OH excluding ortho intramolecular Hbond substituents is 1. The highest BCUT2D eigenvalue weighted by molar-refractivity contribution is 7.92. The van der Waals surface area contributed by atoms with Gasteiger partial charge in [-0.2, -0.15) is 0 Å². The van der Waals surface area contributed by atoms with E-state index in [4.69, 9.17) is 4.42 Å². The van der Waals surface area contributed by atoms with E-state index in [9.17, 15) is 13.5 Å². The number of nitrogens with zero attached hydrogens (tertiary/aromatic N) is 4. The van der Waals surface area contributed by atoms with Gasteiger partial charge in [0.25, 0.3) is 5.89 Å². The highest BCUT2D eigenvalue weighted by Crippen LogP contribution is 2.26. The molecule has 4 rings (SSSR count). The van der Waals surface area contributed by atoms with Gasteiger partial charge in [0.05, 0.1) is 28.2 Å². The summed E-state index contributed by atoms with van der Waals surface area (Å²) in [6.07, 6.45) is 3.09. The van der Waals surface area contributed by atoms with Crippen LogP contribution in [-0.2, 0) is 9.84 Å². The first-order valence-electron chi connectivity index (χ1n) is 9.14. The quantitative estimate of drug-likeness (QED) is 0.516. The maximum absolute atomic E-state index is 12.3. The molecule has 0 amide bonds. The van der Waals surface area contributed by atoms with Gasteiger partial charge in [-0.3, -0.25) is 4.98 Å². The summed E-state index contributed by atoms with van der Waals surface area (Å²) in [4.78, 5) is 8.97. The predicted octanol–water partition coefficient (Wildman–Crippen LogP) is 3.75. The molecule has 0 aliphatic heterocycles. The van der Waals surface area contributed by atoms with Crippen LogP contribution in [0.4, 0.5) is 0 Å². The number of aromatic hydroxyl groups is 1. The molecule has 0 bridgehead atoms. The largest absolute Gasteiger partial charge is 0.508 e. The molecule has 0 aliphatic carbocycles. The molecule has 152 valence electrons. The van der Waals surface area contributed by atoms with Crippen molar-refractivity contribution in [2.24, 2.45) is 0 Å². The third-order valence-corrected chi connectivity index (χ3v) is 6.66. The number of hydrogen-bond acceptors (Lipinski definition) is 8. The molecule has 4 aromatic rings. The van der Waals surface area contributed by atoms with Crippen LogP contribution in [0.5, 0.6) is 5.75 Å². The van der Waals surface area contributed by atoms with Gasteiger partial charge in [0.1, 0.15) is 11.4 Å². The monoisotopic (exact) mass is 422 g/mol. The van der Waals surface area contributed by atoms with Crippen molar-refractivity contribution < 1.29 is 17.9 Å². The zero-order valence-corrected chi connectivity index (χ0v) is 17.0. The molecule has 1 N–H and O–H groups in total. The van der Waals surface area contributed by atoms with Crippen LogP contribution in [0.25, 0.3) is 34.3 Å². The molecule has 2 aromatic carbocycles. The minimum absolute atomic E-state index is 0.143. The number of rotatable bonds is 5. The third kappa shape index (κ3) is 3.79. The van der Waals surface area contributed by atoms with Crippen LogP contribution in [0.2, 0.25) is 0 Å². The zero-order chi connectivity index (χ0) is 21.3. The summed E-state index contributed by atoms with van der Waals surface area (Å²) in [6.45, 7) is 3.30. The average Bonchev–Trinajstić information content (AvgIpc) is 3.25. The molecule has 9 heteroatoms. The molecule has 0 radical (unpaired) electrons. The summed E-state index contributed by atoms with van der Waals surface area (Å²) < 4.78 is 30.3. The van der Waals surface area contributed by atoms with Gasteiger partial charge in [0.2, 0.25) is 5.89 Å². The van der Waals surface area contributed by atoms with E-state index in [0.29, 0.717) is 28.4 Å². The highest BCUT2D eigenvalue weighted by Gasteiger charge is 2.19. The SMILES string of the molecule is CC(C)S(=O)(=O)c1ccc(-c2cncc(-c3nnc(-c4ccc(O)cc4)o3)n2)cc1. The Labute approximate surface area is 173 Å². The second-order valence-electron chi connectivity index (χ2n) is 6.87. The summed E-state index contributed by atoms with van der Waals surface area (Å²) in [5.74, 6) is 0.635. The molecule has 0 saturated carbocycles. The van der Waals surface area contributed by atoms with Gasteiger partial charge < -0.3 is 9.52 Å². The summed E-state index contributed by atoms with van der Waals surface area (Å²) in [5, 5.41) is 16.9. The van der Waals surface area contributed by atoms with Crippen molar-refractivity contribution in [3.63, 3.8) is 0 Å². The van der Waals surface area contributed by atoms with Gasteiger partial charge in [-0.05, 0) is 50.2 Å². The molecule has 0 saturated heterocycles. The fourth-order valence-electron chi connectivity index (χ4n) is 2.74. The van der Waals surface area contributed by atoms with Crippen molar-refractivity contribution in [2.45, 2.75) is 24.0 Å². The van der Waals surface area contributed by atoms with E-state index in [0.717, 1.165) is 0 Å². The summed E-state index contributed by atoms with van der Waals surface area (Å²) in [5.41, 5.74) is 2.32. The number of phenols is 1. The summed E-state index contributed by atoms with van der Waals surface area (Å²) >= 11 is 0. The van der Waals surface area contributed by atoms with Crippen LogP contribution in [0.3, 0.4) is 0 Å². The fraction of sp³-hybridized carbons (Fsp3) is 0.143. The maximum Gasteiger partial charge on any atom is 0.268 e. The van der Waals surface area contributed by atoms with Gasteiger partial charge in [0.15, 0.2) is 9.84 Å². The minimum Gasteiger partial charge on any atom is -0.508 e. The lowest BCUT2D eigenvalue weighted by Gasteiger charge is -2.08. The van der Waals surface area contributed by atoms with Gasteiger partial charge in [-0.25, -0.2) is 13.4 Å². The molecule has 0 aliphatic rings. The second kappa shape index (κ2) is 7.68. The lowest BCUT2D eigenvalue weighted by Crippen LogP contribution is -2.13. The van der Waals surface area contributed by atoms with Gasteiger partial charge >= 0.3 is 0 Å². The Morgan fingerprint density at radius 1 is 0.833 bits per heavy atom. The number of benzene rings is 2. The number of sulfone groups is 1. The summed E-state index contributed by atoms with van der Waals surface area (Å²) in [6, 6.07) is 12.9. The predicted molar refractivity (Wildman–Crippen MR) is 110 cm³/mol. The molecule has 0 unspecified atom stereocenters. The Morgan fingerprint density at radius 3 is 2.10 bits per heavy atom. The topological polar surface area (TPSA) is 119 Å². The molecule has 0 fully saturated rings. The Balaban J connectivity index is 1.63. The van der Waals surface area contributed by atoms with Crippen LogP contribution in [0.1, 0.15) is 13.8 Å². The fourth-order valence-corrected chi connectivity index (χ4v) is 3.80. The van der Waals surface area contributed by atoms with Gasteiger partial charge in [-0.1, -0.05) is 12.1 Å². The van der Waals surface area contributed by atoms with Crippen LogP contribution < -0.4 is 0 Å². The van der Waals surface area contributed by atoms with E-state index < -0.39 is 15.1 Å². The number of aromatic nitrogens is 4. The minimum atomic E-state index is -3.34. The Hall–Kier alpha value is -3.59. The van der Waals surface area contributed by atoms with Crippen molar-refractivity contribution in [1.29, 1.82) is 0 Å². The van der Waals surface area contributed by atoms with E-state index in [1.165, 1.54) is 18.3 Å². The van der Waals surface area contributed by atoms with Crippen molar-refractivity contribution in [2.75, 3.05) is 0 Å². The Morgan fingerprint density at radius 2 is 1.43 bits per heavy atom. The first-order chi connectivity index (χ1) is 14.3. The van der Waals surface area contributed by atoms with Gasteiger partial charge in [0, 0.05) is 11.1 Å². The molecule has 30 heavy (non-hydrogen) atoms. The first kappa shape index (κ1) is 19.7. The molecule has 0 spiro atoms. The summed E-state index contributed by atoms with van der Waals surface area (Å²) in [7, 11) is -3.34. The van der Waals surface area contributed by atoms with Crippen LogP contribution in [-0.4, -0.2) is 38.9 Å². The Kier molecular flexibility index (Phi) is 5.04. The van der Waals surface area contributed by atoms with E-state index in [-0.39, 0.29) is 16.5 Å². The van der Waals surface area contributed by atoms with Gasteiger partial charge in [-0.15, -0.1) is 10.2 Å². The Bertz CT molecular complexity index is 1280. The maximum atomic E-state index is 12.3. The molecule has 0 atom stereocenters. The molecule has 2 aromatic heterocycles. The van der Waals surface area contributed by atoms with Crippen LogP contribution in [0, 0.1) is 0 Å². The second-order valence-corrected chi connectivity index (χ2v) is 9.37. The molecular formula is C21H18N4O4S. The van der Waals surface area contributed by atoms with E-state index in [1.54, 1.807) is 56.4 Å². The third-order valence-electron chi connectivity index (χ3n) is 4.49. The number of hydrogen-bond donors (Lipinski definition) is 1. The van der Waals surface area contributed by atoms with Crippen molar-refractivity contribution in [1.82, 2.24) is 20.2 Å². The smallest absolute Gasteiger partial charge is 0.268 e. The van der Waals surface area contributed by atoms with Crippen molar-refractivity contribution in [3.05, 3.63) is 60.9 Å². The average molecular weight is 422 g/mol. The first-order valence-corrected chi connectivity index (χ1v) is 10.7. The van der Waals surface area contributed by atoms with E-state index in [1.807, 2.05) is 0 Å². The van der Waals surface area contributed by atoms with Crippen LogP contribution in [0.15, 0.2) is 70.2 Å². The van der Waals surface area contributed by atoms with E-state index in [2.05, 4.69) is 20.2 Å². The van der Waals surface area contributed by atoms with Crippen molar-refractivity contribution >= 4 is 9.84 Å². The molecule has 2 heterocycles.